The number of sulfone groups is 1. The molecule has 0 spiro atoms. The number of furan rings is 1. The molecule has 3 aromatic rings. The Balaban J connectivity index is 1.70. The number of carbonyl (C=O) groups excluding carboxylic acids is 2. The summed E-state index contributed by atoms with van der Waals surface area (Å²) in [5.41, 5.74) is 6.52. The Morgan fingerprint density at radius 2 is 1.67 bits per heavy atom. The summed E-state index contributed by atoms with van der Waals surface area (Å²) in [6.45, 7) is 0. The molecule has 0 saturated heterocycles. The fourth-order valence-corrected chi connectivity index (χ4v) is 4.03. The molecule has 8 heteroatoms. The van der Waals surface area contributed by atoms with E-state index in [1.165, 1.54) is 0 Å². The summed E-state index contributed by atoms with van der Waals surface area (Å²) in [6.07, 6.45) is -0.243. The molecule has 0 unspecified atom stereocenters. The topological polar surface area (TPSA) is 119 Å². The van der Waals surface area contributed by atoms with Crippen molar-refractivity contribution >= 4 is 38.3 Å². The number of anilines is 1. The third-order valence-corrected chi connectivity index (χ3v) is 5.55. The van der Waals surface area contributed by atoms with E-state index in [2.05, 4.69) is 5.32 Å². The van der Waals surface area contributed by atoms with Gasteiger partial charge in [-0.2, -0.15) is 0 Å². The minimum absolute atomic E-state index is 0.137. The van der Waals surface area contributed by atoms with Crippen molar-refractivity contribution in [1.82, 2.24) is 0 Å². The monoisotopic (exact) mass is 386 g/mol. The molecule has 0 fully saturated rings. The van der Waals surface area contributed by atoms with Gasteiger partial charge in [0.25, 0.3) is 5.91 Å². The Morgan fingerprint density at radius 3 is 2.37 bits per heavy atom. The van der Waals surface area contributed by atoms with Crippen molar-refractivity contribution in [1.29, 1.82) is 0 Å². The standard InChI is InChI=1S/C19H18N2O5S/c20-19(23)18-17(14-8-4-5-9-15(14)26-18)21-16(22)10-11-27(24,25)12-13-6-2-1-3-7-13/h1-9H,10-12H2,(H2,20,23)(H,21,22). The largest absolute Gasteiger partial charge is 0.449 e. The number of primary amides is 1. The Bertz CT molecular complexity index is 1090. The summed E-state index contributed by atoms with van der Waals surface area (Å²) in [5, 5.41) is 3.07. The van der Waals surface area contributed by atoms with Crippen LogP contribution in [-0.2, 0) is 20.4 Å². The summed E-state index contributed by atoms with van der Waals surface area (Å²) in [4.78, 5) is 23.8. The van der Waals surface area contributed by atoms with Gasteiger partial charge in [0, 0.05) is 11.8 Å². The number of fused-ring (bicyclic) bond motifs is 1. The third kappa shape index (κ3) is 4.53. The summed E-state index contributed by atoms with van der Waals surface area (Å²) in [5.74, 6) is -1.98. The molecule has 27 heavy (non-hydrogen) atoms. The summed E-state index contributed by atoms with van der Waals surface area (Å²) >= 11 is 0. The predicted octanol–water partition coefficient (Wildman–Crippen LogP) is 2.48. The number of benzene rings is 2. The van der Waals surface area contributed by atoms with Gasteiger partial charge in [0.1, 0.15) is 11.3 Å². The van der Waals surface area contributed by atoms with Gasteiger partial charge in [-0.05, 0) is 17.7 Å². The van der Waals surface area contributed by atoms with E-state index >= 15 is 0 Å². The van der Waals surface area contributed by atoms with Crippen molar-refractivity contribution in [2.45, 2.75) is 12.2 Å². The molecule has 0 aliphatic rings. The highest BCUT2D eigenvalue weighted by Crippen LogP contribution is 2.30. The Hall–Kier alpha value is -3.13. The van der Waals surface area contributed by atoms with Crippen molar-refractivity contribution in [3.63, 3.8) is 0 Å². The minimum atomic E-state index is -3.45. The van der Waals surface area contributed by atoms with Crippen LogP contribution in [0, 0.1) is 0 Å². The molecule has 0 bridgehead atoms. The van der Waals surface area contributed by atoms with Crippen molar-refractivity contribution in [3.05, 3.63) is 65.9 Å². The zero-order valence-corrected chi connectivity index (χ0v) is 15.2. The predicted molar refractivity (Wildman–Crippen MR) is 102 cm³/mol. The van der Waals surface area contributed by atoms with Crippen molar-refractivity contribution in [2.24, 2.45) is 5.73 Å². The van der Waals surface area contributed by atoms with Crippen LogP contribution >= 0.6 is 0 Å². The van der Waals surface area contributed by atoms with E-state index < -0.39 is 21.7 Å². The molecule has 0 atom stereocenters. The van der Waals surface area contributed by atoms with Gasteiger partial charge in [-0.1, -0.05) is 42.5 Å². The lowest BCUT2D eigenvalue weighted by molar-refractivity contribution is -0.115. The van der Waals surface area contributed by atoms with Gasteiger partial charge in [-0.3, -0.25) is 9.59 Å². The van der Waals surface area contributed by atoms with Crippen LogP contribution in [0.4, 0.5) is 5.69 Å². The molecule has 140 valence electrons. The normalized spacial score (nSPS) is 11.4. The number of hydrogen-bond donors (Lipinski definition) is 2. The Kier molecular flexibility index (Phi) is 5.27. The lowest BCUT2D eigenvalue weighted by atomic mass is 10.2. The second-order valence-electron chi connectivity index (χ2n) is 6.04. The number of nitrogens with two attached hydrogens (primary N) is 1. The fraction of sp³-hybridized carbons (Fsp3) is 0.158. The van der Waals surface area contributed by atoms with Gasteiger partial charge in [-0.15, -0.1) is 0 Å². The third-order valence-electron chi connectivity index (χ3n) is 3.95. The number of para-hydroxylation sites is 1. The van der Waals surface area contributed by atoms with Gasteiger partial charge in [0.05, 0.1) is 11.5 Å². The molecule has 0 saturated carbocycles. The molecule has 7 nitrogen and oxygen atoms in total. The van der Waals surface area contributed by atoms with E-state index in [-0.39, 0.29) is 29.4 Å². The summed E-state index contributed by atoms with van der Waals surface area (Å²) < 4.78 is 29.8. The lowest BCUT2D eigenvalue weighted by Gasteiger charge is -2.06. The molecule has 3 N–H and O–H groups in total. The number of hydrogen-bond acceptors (Lipinski definition) is 5. The average molecular weight is 386 g/mol. The summed E-state index contributed by atoms with van der Waals surface area (Å²) in [6, 6.07) is 15.5. The van der Waals surface area contributed by atoms with Crippen LogP contribution in [0.1, 0.15) is 22.5 Å². The molecule has 0 radical (unpaired) electrons. The van der Waals surface area contributed by atoms with Gasteiger partial charge in [-0.25, -0.2) is 8.42 Å². The Morgan fingerprint density at radius 1 is 1.00 bits per heavy atom. The first-order valence-corrected chi connectivity index (χ1v) is 10.0. The van der Waals surface area contributed by atoms with Crippen LogP contribution in [0.15, 0.2) is 59.0 Å². The van der Waals surface area contributed by atoms with E-state index in [0.29, 0.717) is 16.5 Å². The molecule has 1 heterocycles. The van der Waals surface area contributed by atoms with Gasteiger partial charge in [0.15, 0.2) is 9.84 Å². The van der Waals surface area contributed by atoms with Crippen LogP contribution in [0.3, 0.4) is 0 Å². The highest BCUT2D eigenvalue weighted by molar-refractivity contribution is 7.90. The van der Waals surface area contributed by atoms with E-state index in [4.69, 9.17) is 10.2 Å². The molecule has 2 amide bonds. The zero-order valence-electron chi connectivity index (χ0n) is 14.3. The minimum Gasteiger partial charge on any atom is -0.449 e. The smallest absolute Gasteiger partial charge is 0.286 e. The fourth-order valence-electron chi connectivity index (χ4n) is 2.69. The van der Waals surface area contributed by atoms with Crippen LogP contribution in [-0.4, -0.2) is 26.0 Å². The quantitative estimate of drug-likeness (QED) is 0.646. The van der Waals surface area contributed by atoms with Crippen molar-refractivity contribution in [2.75, 3.05) is 11.1 Å². The van der Waals surface area contributed by atoms with Crippen LogP contribution < -0.4 is 11.1 Å². The van der Waals surface area contributed by atoms with Gasteiger partial charge < -0.3 is 15.5 Å². The highest BCUT2D eigenvalue weighted by Gasteiger charge is 2.21. The number of nitrogens with one attached hydrogen (secondary N) is 1. The van der Waals surface area contributed by atoms with E-state index in [0.717, 1.165) is 0 Å². The average Bonchev–Trinajstić information content (AvgIpc) is 3.00. The first-order chi connectivity index (χ1) is 12.9. The van der Waals surface area contributed by atoms with E-state index in [9.17, 15) is 18.0 Å². The van der Waals surface area contributed by atoms with Gasteiger partial charge >= 0.3 is 0 Å². The maximum absolute atomic E-state index is 12.3. The van der Waals surface area contributed by atoms with Crippen LogP contribution in [0.5, 0.6) is 0 Å². The maximum Gasteiger partial charge on any atom is 0.286 e. The van der Waals surface area contributed by atoms with E-state index in [1.807, 2.05) is 0 Å². The molecule has 3 rings (SSSR count). The SMILES string of the molecule is NC(=O)c1oc2ccccc2c1NC(=O)CCS(=O)(=O)Cc1ccccc1. The second kappa shape index (κ2) is 7.63. The van der Waals surface area contributed by atoms with Crippen molar-refractivity contribution < 1.29 is 22.4 Å². The van der Waals surface area contributed by atoms with Crippen LogP contribution in [0.25, 0.3) is 11.0 Å². The lowest BCUT2D eigenvalue weighted by Crippen LogP contribution is -2.20. The Labute approximate surface area is 156 Å². The molecule has 1 aromatic heterocycles. The second-order valence-corrected chi connectivity index (χ2v) is 8.23. The van der Waals surface area contributed by atoms with Crippen LogP contribution in [0.2, 0.25) is 0 Å². The molecular formula is C19H18N2O5S. The summed E-state index contributed by atoms with van der Waals surface area (Å²) in [7, 11) is -3.45. The van der Waals surface area contributed by atoms with Crippen molar-refractivity contribution in [3.8, 4) is 0 Å². The molecular weight excluding hydrogens is 368 g/mol. The number of carbonyl (C=O) groups is 2. The molecule has 0 aliphatic carbocycles. The zero-order chi connectivity index (χ0) is 19.4. The first kappa shape index (κ1) is 18.7. The number of rotatable bonds is 7. The first-order valence-electron chi connectivity index (χ1n) is 8.21. The maximum atomic E-state index is 12.3. The highest BCUT2D eigenvalue weighted by atomic mass is 32.2. The van der Waals surface area contributed by atoms with Gasteiger partial charge in [0.2, 0.25) is 11.7 Å². The number of amides is 2. The van der Waals surface area contributed by atoms with E-state index in [1.54, 1.807) is 54.6 Å². The molecule has 0 aliphatic heterocycles. The molecule has 2 aromatic carbocycles.